The summed E-state index contributed by atoms with van der Waals surface area (Å²) in [6.07, 6.45) is 0. The SMILES string of the molecule is COc1cc(Cl)c(C)cc1NC(=O)CSCc1ccc(C)cc1. The number of thioether (sulfide) groups is 1. The molecular formula is C18H20ClNO2S. The molecule has 0 aliphatic carbocycles. The molecule has 1 N–H and O–H groups in total. The summed E-state index contributed by atoms with van der Waals surface area (Å²) in [5, 5.41) is 3.50. The van der Waals surface area contributed by atoms with Crippen LogP contribution in [0, 0.1) is 13.8 Å². The second-order valence-corrected chi connectivity index (χ2v) is 6.72. The van der Waals surface area contributed by atoms with Crippen molar-refractivity contribution < 1.29 is 9.53 Å². The van der Waals surface area contributed by atoms with Gasteiger partial charge >= 0.3 is 0 Å². The highest BCUT2D eigenvalue weighted by Crippen LogP contribution is 2.31. The first-order valence-corrected chi connectivity index (χ1v) is 8.80. The molecule has 5 heteroatoms. The summed E-state index contributed by atoms with van der Waals surface area (Å²) in [5.41, 5.74) is 4.00. The van der Waals surface area contributed by atoms with E-state index in [9.17, 15) is 4.79 Å². The molecule has 0 bridgehead atoms. The molecule has 0 aliphatic heterocycles. The number of hydrogen-bond donors (Lipinski definition) is 1. The molecular weight excluding hydrogens is 330 g/mol. The zero-order valence-electron chi connectivity index (χ0n) is 13.5. The van der Waals surface area contributed by atoms with E-state index in [0.29, 0.717) is 22.2 Å². The number of amides is 1. The van der Waals surface area contributed by atoms with E-state index in [1.54, 1.807) is 24.9 Å². The van der Waals surface area contributed by atoms with Crippen molar-refractivity contribution in [3.05, 3.63) is 58.1 Å². The molecule has 122 valence electrons. The van der Waals surface area contributed by atoms with Gasteiger partial charge in [-0.3, -0.25) is 4.79 Å². The Hall–Kier alpha value is -1.65. The molecule has 23 heavy (non-hydrogen) atoms. The second kappa shape index (κ2) is 8.27. The van der Waals surface area contributed by atoms with Crippen molar-refractivity contribution in [3.8, 4) is 5.75 Å². The lowest BCUT2D eigenvalue weighted by Crippen LogP contribution is -2.15. The van der Waals surface area contributed by atoms with Crippen molar-refractivity contribution in [2.75, 3.05) is 18.2 Å². The Morgan fingerprint density at radius 3 is 2.57 bits per heavy atom. The van der Waals surface area contributed by atoms with Crippen molar-refractivity contribution in [1.29, 1.82) is 0 Å². The molecule has 0 saturated carbocycles. The Morgan fingerprint density at radius 2 is 1.91 bits per heavy atom. The van der Waals surface area contributed by atoms with Gasteiger partial charge in [0.15, 0.2) is 0 Å². The third-order valence-corrected chi connectivity index (χ3v) is 4.79. The van der Waals surface area contributed by atoms with Gasteiger partial charge < -0.3 is 10.1 Å². The number of aryl methyl sites for hydroxylation is 2. The van der Waals surface area contributed by atoms with Crippen LogP contribution in [0.2, 0.25) is 5.02 Å². The van der Waals surface area contributed by atoms with Crippen molar-refractivity contribution in [2.45, 2.75) is 19.6 Å². The lowest BCUT2D eigenvalue weighted by Gasteiger charge is -2.12. The van der Waals surface area contributed by atoms with Gasteiger partial charge in [0.05, 0.1) is 18.6 Å². The summed E-state index contributed by atoms with van der Waals surface area (Å²) in [6.45, 7) is 3.95. The van der Waals surface area contributed by atoms with E-state index < -0.39 is 0 Å². The number of nitrogens with one attached hydrogen (secondary N) is 1. The number of hydrogen-bond acceptors (Lipinski definition) is 3. The minimum atomic E-state index is -0.0536. The van der Waals surface area contributed by atoms with Crippen LogP contribution in [-0.4, -0.2) is 18.8 Å². The van der Waals surface area contributed by atoms with Crippen molar-refractivity contribution in [3.63, 3.8) is 0 Å². The molecule has 0 fully saturated rings. The Labute approximate surface area is 146 Å². The number of ether oxygens (including phenoxy) is 1. The summed E-state index contributed by atoms with van der Waals surface area (Å²) in [7, 11) is 1.56. The lowest BCUT2D eigenvalue weighted by molar-refractivity contribution is -0.113. The smallest absolute Gasteiger partial charge is 0.234 e. The minimum Gasteiger partial charge on any atom is -0.495 e. The van der Waals surface area contributed by atoms with Gasteiger partial charge in [-0.2, -0.15) is 0 Å². The molecule has 2 aromatic rings. The van der Waals surface area contributed by atoms with E-state index >= 15 is 0 Å². The van der Waals surface area contributed by atoms with E-state index in [2.05, 4.69) is 36.5 Å². The van der Waals surface area contributed by atoms with Gasteiger partial charge in [-0.25, -0.2) is 0 Å². The highest BCUT2D eigenvalue weighted by Gasteiger charge is 2.10. The molecule has 1 amide bonds. The fourth-order valence-electron chi connectivity index (χ4n) is 2.06. The summed E-state index contributed by atoms with van der Waals surface area (Å²) < 4.78 is 5.26. The fraction of sp³-hybridized carbons (Fsp3) is 0.278. The number of halogens is 1. The minimum absolute atomic E-state index is 0.0536. The number of methoxy groups -OCH3 is 1. The molecule has 2 rings (SSSR count). The zero-order valence-corrected chi connectivity index (χ0v) is 15.1. The Bertz CT molecular complexity index is 686. The monoisotopic (exact) mass is 349 g/mol. The standard InChI is InChI=1S/C18H20ClNO2S/c1-12-4-6-14(7-5-12)10-23-11-18(21)20-16-8-13(2)15(19)9-17(16)22-3/h4-9H,10-11H2,1-3H3,(H,20,21). The Balaban J connectivity index is 1.89. The first-order valence-electron chi connectivity index (χ1n) is 7.27. The predicted molar refractivity (Wildman–Crippen MR) is 98.7 cm³/mol. The van der Waals surface area contributed by atoms with Crippen LogP contribution < -0.4 is 10.1 Å². The second-order valence-electron chi connectivity index (χ2n) is 5.33. The molecule has 2 aromatic carbocycles. The highest BCUT2D eigenvalue weighted by atomic mass is 35.5. The normalized spacial score (nSPS) is 10.4. The first-order chi connectivity index (χ1) is 11.0. The van der Waals surface area contributed by atoms with Gasteiger partial charge in [-0.05, 0) is 31.0 Å². The molecule has 3 nitrogen and oxygen atoms in total. The van der Waals surface area contributed by atoms with Crippen LogP contribution in [0.15, 0.2) is 36.4 Å². The molecule has 0 atom stereocenters. The quantitative estimate of drug-likeness (QED) is 0.811. The largest absolute Gasteiger partial charge is 0.495 e. The van der Waals surface area contributed by atoms with Crippen LogP contribution in [0.3, 0.4) is 0 Å². The van der Waals surface area contributed by atoms with Crippen LogP contribution in [0.1, 0.15) is 16.7 Å². The van der Waals surface area contributed by atoms with Crippen molar-refractivity contribution in [1.82, 2.24) is 0 Å². The van der Waals surface area contributed by atoms with Crippen LogP contribution in [0.5, 0.6) is 5.75 Å². The molecule has 0 heterocycles. The zero-order chi connectivity index (χ0) is 16.8. The number of benzene rings is 2. The maximum absolute atomic E-state index is 12.1. The highest BCUT2D eigenvalue weighted by molar-refractivity contribution is 7.99. The third-order valence-electron chi connectivity index (χ3n) is 3.38. The van der Waals surface area contributed by atoms with Gasteiger partial charge in [-0.1, -0.05) is 41.4 Å². The summed E-state index contributed by atoms with van der Waals surface area (Å²) >= 11 is 7.65. The number of carbonyl (C=O) groups excluding carboxylic acids is 1. The predicted octanol–water partition coefficient (Wildman–Crippen LogP) is 4.84. The molecule has 0 aromatic heterocycles. The average molecular weight is 350 g/mol. The molecule has 0 radical (unpaired) electrons. The fourth-order valence-corrected chi connectivity index (χ4v) is 3.00. The van der Waals surface area contributed by atoms with E-state index in [-0.39, 0.29) is 5.91 Å². The lowest BCUT2D eigenvalue weighted by atomic mass is 10.2. The molecule has 0 spiro atoms. The summed E-state index contributed by atoms with van der Waals surface area (Å²) in [4.78, 5) is 12.1. The third kappa shape index (κ3) is 5.19. The van der Waals surface area contributed by atoms with E-state index in [4.69, 9.17) is 16.3 Å². The van der Waals surface area contributed by atoms with Crippen LogP contribution >= 0.6 is 23.4 Å². The maximum atomic E-state index is 12.1. The number of carbonyl (C=O) groups is 1. The molecule has 0 unspecified atom stereocenters. The molecule has 0 saturated heterocycles. The van der Waals surface area contributed by atoms with E-state index in [1.165, 1.54) is 11.1 Å². The van der Waals surface area contributed by atoms with Crippen molar-refractivity contribution >= 4 is 35.0 Å². The van der Waals surface area contributed by atoms with Crippen LogP contribution in [-0.2, 0) is 10.5 Å². The topological polar surface area (TPSA) is 38.3 Å². The Morgan fingerprint density at radius 1 is 1.22 bits per heavy atom. The first kappa shape index (κ1) is 17.7. The van der Waals surface area contributed by atoms with Gasteiger partial charge in [0.1, 0.15) is 5.75 Å². The van der Waals surface area contributed by atoms with Crippen molar-refractivity contribution in [2.24, 2.45) is 0 Å². The van der Waals surface area contributed by atoms with Gasteiger partial charge in [0.25, 0.3) is 0 Å². The van der Waals surface area contributed by atoms with Crippen LogP contribution in [0.25, 0.3) is 0 Å². The maximum Gasteiger partial charge on any atom is 0.234 e. The average Bonchev–Trinajstić information content (AvgIpc) is 2.52. The van der Waals surface area contributed by atoms with E-state index in [0.717, 1.165) is 11.3 Å². The molecule has 0 aliphatic rings. The van der Waals surface area contributed by atoms with Gasteiger partial charge in [0.2, 0.25) is 5.91 Å². The summed E-state index contributed by atoms with van der Waals surface area (Å²) in [5.74, 6) is 1.71. The van der Waals surface area contributed by atoms with Gasteiger partial charge in [0, 0.05) is 16.8 Å². The van der Waals surface area contributed by atoms with Crippen LogP contribution in [0.4, 0.5) is 5.69 Å². The number of rotatable bonds is 6. The van der Waals surface area contributed by atoms with E-state index in [1.807, 2.05) is 13.0 Å². The Kier molecular flexibility index (Phi) is 6.37. The number of anilines is 1. The summed E-state index contributed by atoms with van der Waals surface area (Å²) in [6, 6.07) is 11.9. The van der Waals surface area contributed by atoms with Gasteiger partial charge in [-0.15, -0.1) is 11.8 Å².